The number of ether oxygens (including phenoxy) is 2. The van der Waals surface area contributed by atoms with E-state index in [0.717, 1.165) is 0 Å². The van der Waals surface area contributed by atoms with Crippen LogP contribution in [0.2, 0.25) is 0 Å². The summed E-state index contributed by atoms with van der Waals surface area (Å²) in [5.74, 6) is -0.540. The fraction of sp³-hybridized carbons (Fsp3) is 0.857. The topological polar surface area (TPSA) is 76.0 Å². The average Bonchev–Trinajstić information content (AvgIpc) is 2.31. The SMILES string of the molecule is [B][C@@H]1O[C@H](CO)[C@@H](O)[C@@H]1OC(C)=O. The van der Waals surface area contributed by atoms with Crippen molar-refractivity contribution in [3.63, 3.8) is 0 Å². The van der Waals surface area contributed by atoms with Crippen LogP contribution in [0.1, 0.15) is 6.92 Å². The molecule has 0 spiro atoms. The molecule has 2 N–H and O–H groups in total. The van der Waals surface area contributed by atoms with Gasteiger partial charge in [0.1, 0.15) is 26.2 Å². The van der Waals surface area contributed by atoms with Gasteiger partial charge in [0.2, 0.25) is 0 Å². The lowest BCUT2D eigenvalue weighted by Crippen LogP contribution is -2.37. The third kappa shape index (κ3) is 2.21. The summed E-state index contributed by atoms with van der Waals surface area (Å²) in [5.41, 5.74) is 0. The predicted octanol–water partition coefficient (Wildman–Crippen LogP) is -1.84. The van der Waals surface area contributed by atoms with Crippen molar-refractivity contribution in [3.05, 3.63) is 0 Å². The molecule has 0 unspecified atom stereocenters. The summed E-state index contributed by atoms with van der Waals surface area (Å²) >= 11 is 0. The van der Waals surface area contributed by atoms with Gasteiger partial charge in [0.25, 0.3) is 0 Å². The quantitative estimate of drug-likeness (QED) is 0.391. The zero-order chi connectivity index (χ0) is 10.0. The monoisotopic (exact) mass is 186 g/mol. The molecule has 13 heavy (non-hydrogen) atoms. The number of aliphatic hydroxyl groups excluding tert-OH is 2. The summed E-state index contributed by atoms with van der Waals surface area (Å²) in [4.78, 5) is 10.6. The minimum atomic E-state index is -1.07. The summed E-state index contributed by atoms with van der Waals surface area (Å²) < 4.78 is 9.65. The number of carbonyl (C=O) groups excluding carboxylic acids is 1. The number of aliphatic hydroxyl groups is 2. The first-order valence-corrected chi connectivity index (χ1v) is 3.93. The Labute approximate surface area is 77.1 Å². The molecule has 6 heteroatoms. The third-order valence-electron chi connectivity index (χ3n) is 1.86. The van der Waals surface area contributed by atoms with Gasteiger partial charge in [-0.05, 0) is 0 Å². The average molecular weight is 186 g/mol. The smallest absolute Gasteiger partial charge is 0.303 e. The Morgan fingerprint density at radius 1 is 1.69 bits per heavy atom. The summed E-state index contributed by atoms with van der Waals surface area (Å²) in [5, 5.41) is 18.2. The van der Waals surface area contributed by atoms with Crippen molar-refractivity contribution in [1.82, 2.24) is 0 Å². The van der Waals surface area contributed by atoms with Gasteiger partial charge in [-0.1, -0.05) is 0 Å². The van der Waals surface area contributed by atoms with Crippen LogP contribution in [0, 0.1) is 0 Å². The van der Waals surface area contributed by atoms with Gasteiger partial charge < -0.3 is 19.7 Å². The van der Waals surface area contributed by atoms with Crippen molar-refractivity contribution < 1.29 is 24.5 Å². The molecule has 0 saturated carbocycles. The first-order valence-electron chi connectivity index (χ1n) is 3.93. The van der Waals surface area contributed by atoms with Crippen LogP contribution in [0.4, 0.5) is 0 Å². The lowest BCUT2D eigenvalue weighted by atomic mass is 9.93. The molecular weight excluding hydrogens is 175 g/mol. The maximum atomic E-state index is 10.6. The second kappa shape index (κ2) is 4.08. The van der Waals surface area contributed by atoms with Crippen LogP contribution in [0.3, 0.4) is 0 Å². The van der Waals surface area contributed by atoms with E-state index in [2.05, 4.69) is 0 Å². The fourth-order valence-corrected chi connectivity index (χ4v) is 1.25. The van der Waals surface area contributed by atoms with Crippen LogP contribution >= 0.6 is 0 Å². The Morgan fingerprint density at radius 3 is 2.69 bits per heavy atom. The molecule has 5 nitrogen and oxygen atoms in total. The maximum Gasteiger partial charge on any atom is 0.303 e. The van der Waals surface area contributed by atoms with Crippen molar-refractivity contribution in [2.24, 2.45) is 0 Å². The molecular formula is C7H11BO5. The van der Waals surface area contributed by atoms with Crippen LogP contribution in [-0.2, 0) is 14.3 Å². The van der Waals surface area contributed by atoms with Gasteiger partial charge in [-0.15, -0.1) is 0 Å². The highest BCUT2D eigenvalue weighted by Gasteiger charge is 2.42. The number of carbonyl (C=O) groups is 1. The van der Waals surface area contributed by atoms with Crippen LogP contribution in [-0.4, -0.2) is 55.0 Å². The van der Waals surface area contributed by atoms with Gasteiger partial charge in [-0.25, -0.2) is 0 Å². The first-order chi connectivity index (χ1) is 6.06. The largest absolute Gasteiger partial charge is 0.458 e. The third-order valence-corrected chi connectivity index (χ3v) is 1.86. The lowest BCUT2D eigenvalue weighted by molar-refractivity contribution is -0.151. The molecule has 1 heterocycles. The molecule has 1 saturated heterocycles. The zero-order valence-electron chi connectivity index (χ0n) is 7.21. The van der Waals surface area contributed by atoms with E-state index in [9.17, 15) is 9.90 Å². The van der Waals surface area contributed by atoms with Crippen molar-refractivity contribution in [2.45, 2.75) is 31.2 Å². The van der Waals surface area contributed by atoms with Gasteiger partial charge in [0.05, 0.1) is 12.6 Å². The predicted molar refractivity (Wildman–Crippen MR) is 43.1 cm³/mol. The van der Waals surface area contributed by atoms with Crippen molar-refractivity contribution in [2.75, 3.05) is 6.61 Å². The molecule has 1 fully saturated rings. The number of hydrogen-bond donors (Lipinski definition) is 2. The molecule has 0 aromatic heterocycles. The Morgan fingerprint density at radius 2 is 2.31 bits per heavy atom. The Balaban J connectivity index is 2.58. The van der Waals surface area contributed by atoms with Crippen LogP contribution in [0.15, 0.2) is 0 Å². The van der Waals surface area contributed by atoms with Gasteiger partial charge in [0, 0.05) is 6.92 Å². The minimum absolute atomic E-state index is 0.355. The number of rotatable bonds is 2. The Hall–Kier alpha value is -0.585. The summed E-state index contributed by atoms with van der Waals surface area (Å²) in [7, 11) is 5.41. The van der Waals surface area contributed by atoms with Gasteiger partial charge in [-0.3, -0.25) is 4.79 Å². The fourth-order valence-electron chi connectivity index (χ4n) is 1.25. The highest BCUT2D eigenvalue weighted by molar-refractivity contribution is 6.11. The molecule has 0 aromatic carbocycles. The first kappa shape index (κ1) is 10.5. The van der Waals surface area contributed by atoms with E-state index in [-0.39, 0.29) is 6.61 Å². The molecule has 72 valence electrons. The standard InChI is InChI=1S/C7H11BO5/c1-3(10)12-6-5(11)4(2-9)13-7(6)8/h4-7,9,11H,2H2,1H3/t4-,5-,6+,7-/m1/s1. The summed E-state index contributed by atoms with van der Waals surface area (Å²) in [6, 6.07) is -0.879. The Kier molecular flexibility index (Phi) is 3.30. The normalized spacial score (nSPS) is 39.0. The molecule has 4 atom stereocenters. The molecule has 1 aliphatic heterocycles. The van der Waals surface area contributed by atoms with Crippen LogP contribution < -0.4 is 0 Å². The highest BCUT2D eigenvalue weighted by Crippen LogP contribution is 2.21. The molecule has 2 radical (unpaired) electrons. The van der Waals surface area contributed by atoms with E-state index in [4.69, 9.17) is 22.4 Å². The van der Waals surface area contributed by atoms with E-state index < -0.39 is 30.3 Å². The number of esters is 1. The van der Waals surface area contributed by atoms with E-state index in [1.54, 1.807) is 0 Å². The van der Waals surface area contributed by atoms with E-state index >= 15 is 0 Å². The van der Waals surface area contributed by atoms with Crippen molar-refractivity contribution in [1.29, 1.82) is 0 Å². The zero-order valence-corrected chi connectivity index (χ0v) is 7.21. The van der Waals surface area contributed by atoms with E-state index in [1.807, 2.05) is 0 Å². The van der Waals surface area contributed by atoms with Gasteiger partial charge >= 0.3 is 5.97 Å². The number of hydrogen-bond acceptors (Lipinski definition) is 5. The van der Waals surface area contributed by atoms with Crippen molar-refractivity contribution >= 4 is 13.8 Å². The van der Waals surface area contributed by atoms with E-state index in [0.29, 0.717) is 0 Å². The molecule has 0 aliphatic carbocycles. The molecule has 0 amide bonds. The van der Waals surface area contributed by atoms with Gasteiger partial charge in [-0.2, -0.15) is 0 Å². The molecule has 1 rings (SSSR count). The molecule has 0 bridgehead atoms. The maximum absolute atomic E-state index is 10.6. The lowest BCUT2D eigenvalue weighted by Gasteiger charge is -2.17. The minimum Gasteiger partial charge on any atom is -0.458 e. The second-order valence-electron chi connectivity index (χ2n) is 2.89. The van der Waals surface area contributed by atoms with Crippen LogP contribution in [0.5, 0.6) is 0 Å². The summed E-state index contributed by atoms with van der Waals surface area (Å²) in [6.07, 6.45) is -2.74. The van der Waals surface area contributed by atoms with Crippen LogP contribution in [0.25, 0.3) is 0 Å². The Bertz CT molecular complexity index is 197. The molecule has 0 aromatic rings. The van der Waals surface area contributed by atoms with Crippen molar-refractivity contribution in [3.8, 4) is 0 Å². The second-order valence-corrected chi connectivity index (χ2v) is 2.89. The highest BCUT2D eigenvalue weighted by atomic mass is 16.6. The van der Waals surface area contributed by atoms with Gasteiger partial charge in [0.15, 0.2) is 0 Å². The van der Waals surface area contributed by atoms with E-state index in [1.165, 1.54) is 6.92 Å². The summed E-state index contributed by atoms with van der Waals surface area (Å²) in [6.45, 7) is 0.859. The molecule has 1 aliphatic rings.